The van der Waals surface area contributed by atoms with E-state index in [2.05, 4.69) is 57.4 Å². The fourth-order valence-corrected chi connectivity index (χ4v) is 4.48. The smallest absolute Gasteiger partial charge is 0.308 e. The van der Waals surface area contributed by atoms with Gasteiger partial charge in [-0.25, -0.2) is 4.57 Å². The van der Waals surface area contributed by atoms with Crippen LogP contribution in [0.1, 0.15) is 39.8 Å². The minimum atomic E-state index is -0.0321. The van der Waals surface area contributed by atoms with E-state index in [0.29, 0.717) is 25.3 Å². The Bertz CT molecular complexity index is 949. The maximum atomic E-state index is 12.4. The third-order valence-corrected chi connectivity index (χ3v) is 6.67. The number of guanidine groups is 1. The van der Waals surface area contributed by atoms with Gasteiger partial charge in [-0.15, -0.1) is 0 Å². The molecule has 2 aromatic rings. The largest absolute Gasteiger partial charge is 0.370 e. The number of hydrogen-bond acceptors (Lipinski definition) is 7. The molecule has 0 aliphatic carbocycles. The van der Waals surface area contributed by atoms with Gasteiger partial charge in [-0.1, -0.05) is 18.8 Å². The van der Waals surface area contributed by atoms with E-state index in [1.54, 1.807) is 0 Å². The normalized spacial score (nSPS) is 11.2. The molecule has 2 rings (SSSR count). The number of nitrogens with zero attached hydrogens (tertiary/aromatic N) is 6. The van der Waals surface area contributed by atoms with Crippen molar-refractivity contribution in [2.45, 2.75) is 52.7 Å². The topological polar surface area (TPSA) is 145 Å². The highest BCUT2D eigenvalue weighted by molar-refractivity contribution is 7.99. The molecule has 190 valence electrons. The number of anilines is 1. The molecular weight excluding hydrogens is 452 g/mol. The predicted octanol–water partition coefficient (Wildman–Crippen LogP) is 0.614. The van der Waals surface area contributed by atoms with Crippen molar-refractivity contribution in [2.75, 3.05) is 56.5 Å². The summed E-state index contributed by atoms with van der Waals surface area (Å²) in [5.74, 6) is 1.07. The molecule has 34 heavy (non-hydrogen) atoms. The van der Waals surface area contributed by atoms with Crippen molar-refractivity contribution in [1.29, 1.82) is 0 Å². The third kappa shape index (κ3) is 7.73. The number of carbonyl (C=O) groups excluding carboxylic acids is 1. The number of imidazole rings is 1. The summed E-state index contributed by atoms with van der Waals surface area (Å²) >= 11 is 1.48. The van der Waals surface area contributed by atoms with Gasteiger partial charge in [0.25, 0.3) is 5.16 Å². The number of nitrogens with two attached hydrogens (primary N) is 2. The van der Waals surface area contributed by atoms with Crippen LogP contribution in [0.4, 0.5) is 5.95 Å². The Morgan fingerprint density at radius 3 is 2.47 bits per heavy atom. The Morgan fingerprint density at radius 2 is 1.85 bits per heavy atom. The second kappa shape index (κ2) is 14.0. The van der Waals surface area contributed by atoms with E-state index >= 15 is 0 Å². The first kappa shape index (κ1) is 27.6. The molecule has 0 saturated heterocycles. The number of H-pyrrole nitrogens is 1. The van der Waals surface area contributed by atoms with E-state index in [0.717, 1.165) is 67.2 Å². The summed E-state index contributed by atoms with van der Waals surface area (Å²) in [4.78, 5) is 34.0. The van der Waals surface area contributed by atoms with E-state index in [1.165, 1.54) is 11.8 Å². The van der Waals surface area contributed by atoms with Gasteiger partial charge in [-0.3, -0.25) is 14.8 Å². The summed E-state index contributed by atoms with van der Waals surface area (Å²) in [6.07, 6.45) is 0.688. The molecule has 0 aromatic carbocycles. The predicted molar refractivity (Wildman–Crippen MR) is 139 cm³/mol. The van der Waals surface area contributed by atoms with Crippen LogP contribution in [0.3, 0.4) is 0 Å². The van der Waals surface area contributed by atoms with E-state index in [-0.39, 0.29) is 11.9 Å². The van der Waals surface area contributed by atoms with Crippen LogP contribution in [0.5, 0.6) is 0 Å². The lowest BCUT2D eigenvalue weighted by Crippen LogP contribution is -2.42. The van der Waals surface area contributed by atoms with Gasteiger partial charge in [0.1, 0.15) is 0 Å². The summed E-state index contributed by atoms with van der Waals surface area (Å²) in [7, 11) is 0. The van der Waals surface area contributed by atoms with E-state index in [1.807, 2.05) is 6.92 Å². The second-order valence-corrected chi connectivity index (χ2v) is 8.85. The SMILES string of the molecule is CCN(CC)CC[n+]1c(SCC(=O)NCCCN=C(N)N)[nH]c2c(C)nc(N(CC)CC)nc21. The summed E-state index contributed by atoms with van der Waals surface area (Å²) in [5, 5.41) is 3.83. The van der Waals surface area contributed by atoms with Gasteiger partial charge in [0.2, 0.25) is 5.91 Å². The number of carbonyl (C=O) groups is 1. The summed E-state index contributed by atoms with van der Waals surface area (Å²) < 4.78 is 2.19. The van der Waals surface area contributed by atoms with Gasteiger partial charge in [0.15, 0.2) is 11.5 Å². The van der Waals surface area contributed by atoms with Crippen LogP contribution in [-0.4, -0.2) is 83.3 Å². The minimum absolute atomic E-state index is 0.0321. The first-order valence-corrected chi connectivity index (χ1v) is 13.0. The highest BCUT2D eigenvalue weighted by Crippen LogP contribution is 2.21. The molecule has 0 aliphatic rings. The molecule has 0 bridgehead atoms. The lowest BCUT2D eigenvalue weighted by atomic mass is 10.4. The lowest BCUT2D eigenvalue weighted by Gasteiger charge is -2.17. The van der Waals surface area contributed by atoms with Crippen LogP contribution in [0.15, 0.2) is 10.1 Å². The first-order chi connectivity index (χ1) is 16.3. The molecule has 0 unspecified atom stereocenters. The number of aromatic amines is 1. The van der Waals surface area contributed by atoms with Gasteiger partial charge in [-0.2, -0.15) is 4.98 Å². The average molecular weight is 494 g/mol. The van der Waals surface area contributed by atoms with Gasteiger partial charge >= 0.3 is 11.6 Å². The number of aromatic nitrogens is 4. The maximum Gasteiger partial charge on any atom is 0.308 e. The number of fused-ring (bicyclic) bond motifs is 1. The van der Waals surface area contributed by atoms with Crippen molar-refractivity contribution in [3.05, 3.63) is 5.69 Å². The molecule has 0 radical (unpaired) electrons. The third-order valence-electron chi connectivity index (χ3n) is 5.66. The fraction of sp³-hybridized carbons (Fsp3) is 0.682. The fourth-order valence-electron chi connectivity index (χ4n) is 3.61. The second-order valence-electron chi connectivity index (χ2n) is 7.89. The molecule has 11 nitrogen and oxygen atoms in total. The van der Waals surface area contributed by atoms with Crippen LogP contribution in [-0.2, 0) is 11.3 Å². The van der Waals surface area contributed by atoms with Crippen LogP contribution in [0.2, 0.25) is 0 Å². The number of amides is 1. The van der Waals surface area contributed by atoms with Crippen LogP contribution in [0.25, 0.3) is 11.2 Å². The van der Waals surface area contributed by atoms with E-state index < -0.39 is 0 Å². The molecular formula is C22H41N10OS+. The lowest BCUT2D eigenvalue weighted by molar-refractivity contribution is -0.709. The zero-order chi connectivity index (χ0) is 25.1. The van der Waals surface area contributed by atoms with E-state index in [4.69, 9.17) is 21.4 Å². The van der Waals surface area contributed by atoms with E-state index in [9.17, 15) is 4.79 Å². The summed E-state index contributed by atoms with van der Waals surface area (Å²) in [6.45, 7) is 16.9. The monoisotopic (exact) mass is 493 g/mol. The number of aryl methyl sites for hydroxylation is 1. The average Bonchev–Trinajstić information content (AvgIpc) is 3.17. The Morgan fingerprint density at radius 1 is 1.15 bits per heavy atom. The molecule has 2 heterocycles. The molecule has 0 spiro atoms. The van der Waals surface area contributed by atoms with Crippen molar-refractivity contribution in [3.63, 3.8) is 0 Å². The van der Waals surface area contributed by atoms with Gasteiger partial charge in [0.05, 0.1) is 18.0 Å². The molecule has 2 aromatic heterocycles. The Balaban J connectivity index is 2.22. The van der Waals surface area contributed by atoms with Gasteiger partial charge < -0.3 is 26.6 Å². The molecule has 1 amide bonds. The standard InChI is InChI=1S/C22H40N10OS/c1-6-30(7-2)13-14-32-19-18(16(5)27-21(29-19)31(8-3)9-4)28-22(32)34-15-17(33)25-11-10-12-26-20(23)24/h6-15H2,1-5H3,(H5,23,24,25,26,33)/p+1. The van der Waals surface area contributed by atoms with Crippen molar-refractivity contribution in [2.24, 2.45) is 16.5 Å². The molecule has 0 saturated carbocycles. The molecule has 0 fully saturated rings. The first-order valence-electron chi connectivity index (χ1n) is 12.1. The zero-order valence-corrected chi connectivity index (χ0v) is 22.0. The van der Waals surface area contributed by atoms with Gasteiger partial charge in [-0.05, 0) is 52.0 Å². The number of likely N-dealkylation sites (N-methyl/N-ethyl adjacent to an activating group) is 1. The number of hydrogen-bond donors (Lipinski definition) is 4. The molecule has 6 N–H and O–H groups in total. The molecule has 12 heteroatoms. The minimum Gasteiger partial charge on any atom is -0.370 e. The zero-order valence-electron chi connectivity index (χ0n) is 21.2. The van der Waals surface area contributed by atoms with Crippen molar-refractivity contribution in [3.8, 4) is 0 Å². The number of rotatable bonds is 15. The molecule has 0 atom stereocenters. The van der Waals surface area contributed by atoms with Crippen molar-refractivity contribution in [1.82, 2.24) is 25.2 Å². The van der Waals surface area contributed by atoms with Crippen LogP contribution in [0, 0.1) is 6.92 Å². The van der Waals surface area contributed by atoms with Crippen molar-refractivity contribution < 1.29 is 9.36 Å². The van der Waals surface area contributed by atoms with Crippen LogP contribution >= 0.6 is 11.8 Å². The summed E-state index contributed by atoms with van der Waals surface area (Å²) in [5.41, 5.74) is 13.3. The summed E-state index contributed by atoms with van der Waals surface area (Å²) in [6, 6.07) is 0. The number of nitrogens with one attached hydrogen (secondary N) is 2. The Labute approximate surface area is 206 Å². The molecule has 0 aliphatic heterocycles. The number of aliphatic imine (C=N–C) groups is 1. The van der Waals surface area contributed by atoms with Crippen molar-refractivity contribution >= 4 is 40.7 Å². The highest BCUT2D eigenvalue weighted by atomic mass is 32.2. The number of thioether (sulfide) groups is 1. The highest BCUT2D eigenvalue weighted by Gasteiger charge is 2.25. The maximum absolute atomic E-state index is 12.4. The van der Waals surface area contributed by atoms with Gasteiger partial charge in [0, 0.05) is 32.7 Å². The Hall–Kier alpha value is -2.60. The van der Waals surface area contributed by atoms with Crippen LogP contribution < -0.4 is 26.3 Å². The quantitative estimate of drug-likeness (QED) is 0.0928. The Kier molecular flexibility index (Phi) is 11.3.